The molecule has 1 amide bonds. The zero-order chi connectivity index (χ0) is 14.3. The predicted molar refractivity (Wildman–Crippen MR) is 69.1 cm³/mol. The third-order valence-corrected chi connectivity index (χ3v) is 2.41. The highest BCUT2D eigenvalue weighted by molar-refractivity contribution is 5.92. The highest BCUT2D eigenvalue weighted by Gasteiger charge is 2.10. The number of benzene rings is 1. The molecule has 0 fully saturated rings. The van der Waals surface area contributed by atoms with Crippen LogP contribution in [-0.4, -0.2) is 25.0 Å². The summed E-state index contributed by atoms with van der Waals surface area (Å²) >= 11 is 0. The number of esters is 1. The first kappa shape index (κ1) is 14.5. The van der Waals surface area contributed by atoms with Gasteiger partial charge in [0.05, 0.1) is 18.1 Å². The van der Waals surface area contributed by atoms with Gasteiger partial charge >= 0.3 is 5.97 Å². The lowest BCUT2D eigenvalue weighted by Gasteiger charge is -2.06. The van der Waals surface area contributed by atoms with Crippen molar-refractivity contribution in [3.8, 4) is 6.07 Å². The molecular formula is C13H15N3O3. The van der Waals surface area contributed by atoms with Gasteiger partial charge in [-0.15, -0.1) is 0 Å². The summed E-state index contributed by atoms with van der Waals surface area (Å²) < 4.78 is 4.83. The van der Waals surface area contributed by atoms with Crippen LogP contribution in [0.15, 0.2) is 18.2 Å². The summed E-state index contributed by atoms with van der Waals surface area (Å²) in [5, 5.41) is 10.7. The third kappa shape index (κ3) is 4.68. The lowest BCUT2D eigenvalue weighted by molar-refractivity contribution is -0.124. The molecule has 1 rings (SSSR count). The average molecular weight is 261 g/mol. The molecule has 6 nitrogen and oxygen atoms in total. The van der Waals surface area contributed by atoms with Gasteiger partial charge in [0.15, 0.2) is 6.61 Å². The smallest absolute Gasteiger partial charge is 0.338 e. The van der Waals surface area contributed by atoms with Crippen LogP contribution in [0.1, 0.15) is 22.3 Å². The van der Waals surface area contributed by atoms with Crippen LogP contribution in [0.5, 0.6) is 0 Å². The van der Waals surface area contributed by atoms with Crippen LogP contribution >= 0.6 is 0 Å². The van der Waals surface area contributed by atoms with E-state index in [1.807, 2.05) is 13.0 Å². The van der Waals surface area contributed by atoms with Crippen molar-refractivity contribution in [2.24, 2.45) is 0 Å². The largest absolute Gasteiger partial charge is 0.452 e. The van der Waals surface area contributed by atoms with E-state index >= 15 is 0 Å². The summed E-state index contributed by atoms with van der Waals surface area (Å²) in [4.78, 5) is 22.9. The Morgan fingerprint density at radius 2 is 2.21 bits per heavy atom. The van der Waals surface area contributed by atoms with Gasteiger partial charge in [-0.05, 0) is 24.6 Å². The first-order chi connectivity index (χ1) is 9.04. The number of rotatable bonds is 5. The Morgan fingerprint density at radius 1 is 1.47 bits per heavy atom. The summed E-state index contributed by atoms with van der Waals surface area (Å²) in [6.45, 7) is 1.69. The number of amides is 1. The monoisotopic (exact) mass is 261 g/mol. The number of hydrogen-bond acceptors (Lipinski definition) is 5. The van der Waals surface area contributed by atoms with E-state index in [0.717, 1.165) is 5.56 Å². The van der Waals surface area contributed by atoms with Crippen LogP contribution in [0, 0.1) is 18.3 Å². The molecular weight excluding hydrogens is 246 g/mol. The normalized spacial score (nSPS) is 9.47. The van der Waals surface area contributed by atoms with E-state index in [4.69, 9.17) is 15.7 Å². The SMILES string of the molecule is Cc1ccc(C(=O)OCC(=O)NCCC#N)cc1N. The molecule has 3 N–H and O–H groups in total. The number of nitrogen functional groups attached to an aromatic ring is 1. The highest BCUT2D eigenvalue weighted by Crippen LogP contribution is 2.13. The Labute approximate surface area is 111 Å². The molecule has 0 aliphatic carbocycles. The van der Waals surface area contributed by atoms with Crippen LogP contribution in [0.4, 0.5) is 5.69 Å². The fourth-order valence-electron chi connectivity index (χ4n) is 1.29. The molecule has 100 valence electrons. The number of nitriles is 1. The molecule has 0 heterocycles. The van der Waals surface area contributed by atoms with Gasteiger partial charge < -0.3 is 15.8 Å². The van der Waals surface area contributed by atoms with Gasteiger partial charge in [-0.3, -0.25) is 4.79 Å². The first-order valence-electron chi connectivity index (χ1n) is 5.71. The molecule has 1 aromatic rings. The van der Waals surface area contributed by atoms with Crippen molar-refractivity contribution in [2.45, 2.75) is 13.3 Å². The second-order valence-corrected chi connectivity index (χ2v) is 3.91. The summed E-state index contributed by atoms with van der Waals surface area (Å²) in [5.74, 6) is -1.05. The van der Waals surface area contributed by atoms with Crippen molar-refractivity contribution in [3.63, 3.8) is 0 Å². The minimum absolute atomic E-state index is 0.216. The van der Waals surface area contributed by atoms with Crippen LogP contribution in [-0.2, 0) is 9.53 Å². The number of nitrogens with one attached hydrogen (secondary N) is 1. The molecule has 0 aromatic heterocycles. The Hall–Kier alpha value is -2.55. The summed E-state index contributed by atoms with van der Waals surface area (Å²) in [6, 6.07) is 6.69. The number of nitrogens with two attached hydrogens (primary N) is 1. The van der Waals surface area contributed by atoms with Crippen molar-refractivity contribution in [1.82, 2.24) is 5.32 Å². The van der Waals surface area contributed by atoms with E-state index in [2.05, 4.69) is 5.32 Å². The van der Waals surface area contributed by atoms with Crippen molar-refractivity contribution in [2.75, 3.05) is 18.9 Å². The zero-order valence-corrected chi connectivity index (χ0v) is 10.6. The third-order valence-electron chi connectivity index (χ3n) is 2.41. The molecule has 0 aliphatic heterocycles. The molecule has 6 heteroatoms. The number of nitrogens with zero attached hydrogens (tertiary/aromatic N) is 1. The van der Waals surface area contributed by atoms with E-state index in [0.29, 0.717) is 11.3 Å². The minimum Gasteiger partial charge on any atom is -0.452 e. The quantitative estimate of drug-likeness (QED) is 0.462. The molecule has 1 aromatic carbocycles. The number of anilines is 1. The van der Waals surface area contributed by atoms with Gasteiger partial charge in [0.2, 0.25) is 0 Å². The lowest BCUT2D eigenvalue weighted by atomic mass is 10.1. The maximum atomic E-state index is 11.6. The van der Waals surface area contributed by atoms with Crippen LogP contribution in [0.25, 0.3) is 0 Å². The van der Waals surface area contributed by atoms with Gasteiger partial charge in [-0.1, -0.05) is 6.07 Å². The van der Waals surface area contributed by atoms with Crippen molar-refractivity contribution < 1.29 is 14.3 Å². The summed E-state index contributed by atoms with van der Waals surface area (Å²) in [5.41, 5.74) is 7.34. The van der Waals surface area contributed by atoms with E-state index in [1.165, 1.54) is 6.07 Å². The fraction of sp³-hybridized carbons (Fsp3) is 0.308. The number of hydrogen-bond donors (Lipinski definition) is 2. The van der Waals surface area contributed by atoms with Gasteiger partial charge in [-0.2, -0.15) is 5.26 Å². The number of carbonyl (C=O) groups excluding carboxylic acids is 2. The topological polar surface area (TPSA) is 105 Å². The Morgan fingerprint density at radius 3 is 2.84 bits per heavy atom. The first-order valence-corrected chi connectivity index (χ1v) is 5.71. The van der Waals surface area contributed by atoms with Gasteiger partial charge in [0.1, 0.15) is 0 Å². The van der Waals surface area contributed by atoms with Crippen LogP contribution in [0.2, 0.25) is 0 Å². The number of aryl methyl sites for hydroxylation is 1. The van der Waals surface area contributed by atoms with E-state index in [-0.39, 0.29) is 19.6 Å². The number of carbonyl (C=O) groups is 2. The molecule has 0 saturated heterocycles. The maximum Gasteiger partial charge on any atom is 0.338 e. The predicted octanol–water partition coefficient (Wildman–Crippen LogP) is 0.764. The van der Waals surface area contributed by atoms with Gasteiger partial charge in [-0.25, -0.2) is 4.79 Å². The molecule has 0 unspecified atom stereocenters. The van der Waals surface area contributed by atoms with E-state index in [9.17, 15) is 9.59 Å². The van der Waals surface area contributed by atoms with Gasteiger partial charge in [0.25, 0.3) is 5.91 Å². The lowest BCUT2D eigenvalue weighted by Crippen LogP contribution is -2.29. The second-order valence-electron chi connectivity index (χ2n) is 3.91. The molecule has 0 atom stereocenters. The average Bonchev–Trinajstić information content (AvgIpc) is 2.39. The van der Waals surface area contributed by atoms with Crippen molar-refractivity contribution in [1.29, 1.82) is 5.26 Å². The minimum atomic E-state index is -0.609. The Kier molecular flexibility index (Phi) is 5.35. The molecule has 0 aliphatic rings. The van der Waals surface area contributed by atoms with E-state index < -0.39 is 11.9 Å². The number of ether oxygens (including phenoxy) is 1. The molecule has 0 radical (unpaired) electrons. The summed E-state index contributed by atoms with van der Waals surface area (Å²) in [7, 11) is 0. The van der Waals surface area contributed by atoms with Crippen molar-refractivity contribution in [3.05, 3.63) is 29.3 Å². The maximum absolute atomic E-state index is 11.6. The van der Waals surface area contributed by atoms with Crippen LogP contribution < -0.4 is 11.1 Å². The molecule has 19 heavy (non-hydrogen) atoms. The zero-order valence-electron chi connectivity index (χ0n) is 10.6. The molecule has 0 saturated carbocycles. The summed E-state index contributed by atoms with van der Waals surface area (Å²) in [6.07, 6.45) is 0.216. The fourth-order valence-corrected chi connectivity index (χ4v) is 1.29. The highest BCUT2D eigenvalue weighted by atomic mass is 16.5. The van der Waals surface area contributed by atoms with Crippen molar-refractivity contribution >= 4 is 17.6 Å². The van der Waals surface area contributed by atoms with Gasteiger partial charge in [0, 0.05) is 12.2 Å². The van der Waals surface area contributed by atoms with Crippen LogP contribution in [0.3, 0.4) is 0 Å². The Balaban J connectivity index is 2.45. The molecule has 0 bridgehead atoms. The Bertz CT molecular complexity index is 520. The second kappa shape index (κ2) is 7.01. The molecule has 0 spiro atoms. The van der Waals surface area contributed by atoms with E-state index in [1.54, 1.807) is 12.1 Å². The standard InChI is InChI=1S/C13H15N3O3/c1-9-3-4-10(7-11(9)15)13(18)19-8-12(17)16-6-2-5-14/h3-4,7H,2,6,8,15H2,1H3,(H,16,17).